The number of nitrogens with one attached hydrogen (secondary N) is 1. The summed E-state index contributed by atoms with van der Waals surface area (Å²) < 4.78 is 0. The van der Waals surface area contributed by atoms with Gasteiger partial charge in [0.1, 0.15) is 0 Å². The highest BCUT2D eigenvalue weighted by Gasteiger charge is 2.22. The van der Waals surface area contributed by atoms with Crippen LogP contribution in [0.25, 0.3) is 0 Å². The molecule has 0 fully saturated rings. The van der Waals surface area contributed by atoms with Crippen molar-refractivity contribution in [1.29, 1.82) is 0 Å². The van der Waals surface area contributed by atoms with Crippen LogP contribution in [0, 0.1) is 0 Å². The van der Waals surface area contributed by atoms with E-state index < -0.39 is 6.10 Å². The quantitative estimate of drug-likeness (QED) is 0.889. The Morgan fingerprint density at radius 3 is 2.00 bits per heavy atom. The monoisotopic (exact) mass is 310 g/mol. The first-order chi connectivity index (χ1) is 11.1. The number of aryl methyl sites for hydroxylation is 2. The third kappa shape index (κ3) is 3.74. The molecule has 0 aromatic heterocycles. The van der Waals surface area contributed by atoms with E-state index in [2.05, 4.69) is 72.6 Å². The summed E-state index contributed by atoms with van der Waals surface area (Å²) in [6.45, 7) is 5.42. The molecule has 0 radical (unpaired) electrons. The van der Waals surface area contributed by atoms with Gasteiger partial charge >= 0.3 is 0 Å². The van der Waals surface area contributed by atoms with Gasteiger partial charge in [-0.2, -0.15) is 0 Å². The first-order valence-electron chi connectivity index (χ1n) is 8.50. The largest absolute Gasteiger partial charge is 0.390 e. The summed E-state index contributed by atoms with van der Waals surface area (Å²) >= 11 is 0. The van der Waals surface area contributed by atoms with Gasteiger partial charge in [-0.15, -0.1) is 0 Å². The van der Waals surface area contributed by atoms with Crippen molar-refractivity contribution in [2.75, 3.05) is 18.0 Å². The molecule has 122 valence electrons. The zero-order valence-electron chi connectivity index (χ0n) is 14.0. The fraction of sp³-hybridized carbons (Fsp3) is 0.400. The van der Waals surface area contributed by atoms with Gasteiger partial charge in [-0.25, -0.2) is 0 Å². The van der Waals surface area contributed by atoms with Gasteiger partial charge in [0.05, 0.1) is 12.6 Å². The molecular weight excluding hydrogens is 284 g/mol. The lowest BCUT2D eigenvalue weighted by atomic mass is 10.0. The second-order valence-corrected chi connectivity index (χ2v) is 6.58. The number of β-amino-alcohol motifs (C(OH)–C–C–N with tert-alkyl or cyclic N) is 1. The molecule has 0 aliphatic carbocycles. The molecule has 1 aliphatic heterocycles. The Morgan fingerprint density at radius 1 is 0.957 bits per heavy atom. The molecule has 0 bridgehead atoms. The van der Waals surface area contributed by atoms with E-state index in [1.807, 2.05) is 0 Å². The number of aliphatic hydroxyl groups excluding tert-OH is 1. The van der Waals surface area contributed by atoms with Crippen molar-refractivity contribution in [3.8, 4) is 0 Å². The lowest BCUT2D eigenvalue weighted by Crippen LogP contribution is -2.39. The normalized spacial score (nSPS) is 15.0. The Morgan fingerprint density at radius 2 is 1.48 bits per heavy atom. The van der Waals surface area contributed by atoms with Crippen LogP contribution in [0.4, 0.5) is 11.4 Å². The minimum atomic E-state index is -0.406. The number of hydrogen-bond donors (Lipinski definition) is 2. The van der Waals surface area contributed by atoms with E-state index in [0.29, 0.717) is 19.1 Å². The molecule has 0 amide bonds. The van der Waals surface area contributed by atoms with E-state index in [1.54, 1.807) is 0 Å². The highest BCUT2D eigenvalue weighted by Crippen LogP contribution is 2.35. The van der Waals surface area contributed by atoms with Crippen LogP contribution in [0.3, 0.4) is 0 Å². The molecule has 0 saturated carbocycles. The van der Waals surface area contributed by atoms with E-state index in [0.717, 1.165) is 12.8 Å². The maximum Gasteiger partial charge on any atom is 0.0843 e. The zero-order valence-corrected chi connectivity index (χ0v) is 14.0. The van der Waals surface area contributed by atoms with E-state index in [9.17, 15) is 5.11 Å². The molecule has 1 heterocycles. The molecule has 2 N–H and O–H groups in total. The predicted molar refractivity (Wildman–Crippen MR) is 96.4 cm³/mol. The molecule has 1 atom stereocenters. The minimum Gasteiger partial charge on any atom is -0.390 e. The number of hydrogen-bond acceptors (Lipinski definition) is 3. The molecule has 3 rings (SSSR count). The summed E-state index contributed by atoms with van der Waals surface area (Å²) in [6.07, 6.45) is 1.69. The number of aliphatic hydroxyl groups is 1. The SMILES string of the molecule is CC(C)NC[C@@H](O)CN1c2ccccc2CCc2ccccc21. The molecule has 3 heteroatoms. The van der Waals surface area contributed by atoms with Gasteiger partial charge in [0.2, 0.25) is 0 Å². The average molecular weight is 310 g/mol. The summed E-state index contributed by atoms with van der Waals surface area (Å²) in [7, 11) is 0. The zero-order chi connectivity index (χ0) is 16.2. The van der Waals surface area contributed by atoms with Crippen LogP contribution < -0.4 is 10.2 Å². The van der Waals surface area contributed by atoms with Crippen LogP contribution in [0.15, 0.2) is 48.5 Å². The van der Waals surface area contributed by atoms with Crippen molar-refractivity contribution < 1.29 is 5.11 Å². The van der Waals surface area contributed by atoms with Gasteiger partial charge in [0.15, 0.2) is 0 Å². The third-order valence-corrected chi connectivity index (χ3v) is 4.38. The lowest BCUT2D eigenvalue weighted by molar-refractivity contribution is 0.176. The Kier molecular flexibility index (Phi) is 4.99. The maximum atomic E-state index is 10.5. The molecule has 0 saturated heterocycles. The van der Waals surface area contributed by atoms with Gasteiger partial charge in [0, 0.05) is 24.0 Å². The van der Waals surface area contributed by atoms with Crippen LogP contribution in [-0.4, -0.2) is 30.3 Å². The lowest BCUT2D eigenvalue weighted by Gasteiger charge is -2.29. The molecule has 2 aromatic rings. The highest BCUT2D eigenvalue weighted by molar-refractivity contribution is 5.71. The molecule has 2 aromatic carbocycles. The molecule has 0 spiro atoms. The fourth-order valence-corrected chi connectivity index (χ4v) is 3.21. The van der Waals surface area contributed by atoms with Gasteiger partial charge in [-0.05, 0) is 36.1 Å². The highest BCUT2D eigenvalue weighted by atomic mass is 16.3. The summed E-state index contributed by atoms with van der Waals surface area (Å²) in [4.78, 5) is 2.28. The summed E-state index contributed by atoms with van der Waals surface area (Å²) in [6, 6.07) is 17.5. The van der Waals surface area contributed by atoms with Gasteiger partial charge in [0.25, 0.3) is 0 Å². The average Bonchev–Trinajstić information content (AvgIpc) is 2.71. The predicted octanol–water partition coefficient (Wildman–Crippen LogP) is 3.28. The van der Waals surface area contributed by atoms with E-state index in [4.69, 9.17) is 0 Å². The Bertz CT molecular complexity index is 606. The van der Waals surface area contributed by atoms with Crippen molar-refractivity contribution in [2.24, 2.45) is 0 Å². The standard InChI is InChI=1S/C20H26N2O/c1-15(2)21-13-18(23)14-22-19-9-5-3-7-16(19)11-12-17-8-4-6-10-20(17)22/h3-10,15,18,21,23H,11-14H2,1-2H3/t18-/m1/s1. The third-order valence-electron chi connectivity index (χ3n) is 4.38. The molecule has 0 unspecified atom stereocenters. The van der Waals surface area contributed by atoms with Gasteiger partial charge in [-0.3, -0.25) is 0 Å². The number of rotatable bonds is 5. The summed E-state index contributed by atoms with van der Waals surface area (Å²) in [5, 5.41) is 13.8. The number of para-hydroxylation sites is 2. The summed E-state index contributed by atoms with van der Waals surface area (Å²) in [5.74, 6) is 0. The van der Waals surface area contributed by atoms with Crippen LogP contribution >= 0.6 is 0 Å². The topological polar surface area (TPSA) is 35.5 Å². The molecule has 23 heavy (non-hydrogen) atoms. The van der Waals surface area contributed by atoms with E-state index in [1.165, 1.54) is 22.5 Å². The first-order valence-corrected chi connectivity index (χ1v) is 8.50. The van der Waals surface area contributed by atoms with E-state index >= 15 is 0 Å². The van der Waals surface area contributed by atoms with Crippen molar-refractivity contribution in [3.63, 3.8) is 0 Å². The van der Waals surface area contributed by atoms with E-state index in [-0.39, 0.29) is 0 Å². The smallest absolute Gasteiger partial charge is 0.0843 e. The number of nitrogens with zero attached hydrogens (tertiary/aromatic N) is 1. The van der Waals surface area contributed by atoms with Crippen molar-refractivity contribution in [3.05, 3.63) is 59.7 Å². The Balaban J connectivity index is 1.90. The Hall–Kier alpha value is -1.84. The Labute approximate surface area is 139 Å². The number of fused-ring (bicyclic) bond motifs is 2. The number of anilines is 2. The van der Waals surface area contributed by atoms with Crippen LogP contribution in [0.5, 0.6) is 0 Å². The maximum absolute atomic E-state index is 10.5. The summed E-state index contributed by atoms with van der Waals surface area (Å²) in [5.41, 5.74) is 5.16. The number of benzene rings is 2. The molecule has 3 nitrogen and oxygen atoms in total. The van der Waals surface area contributed by atoms with Crippen LogP contribution in [0.2, 0.25) is 0 Å². The van der Waals surface area contributed by atoms with Crippen LogP contribution in [-0.2, 0) is 12.8 Å². The second-order valence-electron chi connectivity index (χ2n) is 6.58. The molecule has 1 aliphatic rings. The first kappa shape index (κ1) is 16.0. The van der Waals surface area contributed by atoms with Crippen LogP contribution in [0.1, 0.15) is 25.0 Å². The van der Waals surface area contributed by atoms with Crippen molar-refractivity contribution in [1.82, 2.24) is 5.32 Å². The fourth-order valence-electron chi connectivity index (χ4n) is 3.21. The van der Waals surface area contributed by atoms with Gasteiger partial charge < -0.3 is 15.3 Å². The minimum absolute atomic E-state index is 0.383. The van der Waals surface area contributed by atoms with Crippen molar-refractivity contribution in [2.45, 2.75) is 38.8 Å². The van der Waals surface area contributed by atoms with Gasteiger partial charge in [-0.1, -0.05) is 50.2 Å². The van der Waals surface area contributed by atoms with Crippen molar-refractivity contribution >= 4 is 11.4 Å². The second kappa shape index (κ2) is 7.16. The molecular formula is C20H26N2O.